The third-order valence-electron chi connectivity index (χ3n) is 3.99. The first kappa shape index (κ1) is 13.2. The van der Waals surface area contributed by atoms with E-state index in [0.717, 1.165) is 12.1 Å². The van der Waals surface area contributed by atoms with Gasteiger partial charge in [-0.25, -0.2) is 4.39 Å². The molecule has 0 aliphatic heterocycles. The Kier molecular flexibility index (Phi) is 3.51. The molecule has 1 aromatic rings. The van der Waals surface area contributed by atoms with Gasteiger partial charge in [-0.3, -0.25) is 0 Å². The van der Waals surface area contributed by atoms with Crippen molar-refractivity contribution in [3.63, 3.8) is 0 Å². The van der Waals surface area contributed by atoms with E-state index in [0.29, 0.717) is 17.4 Å². The molecule has 0 aromatic heterocycles. The molecule has 3 heteroatoms. The predicted octanol–water partition coefficient (Wildman–Crippen LogP) is 4.16. The molecule has 0 bridgehead atoms. The quantitative estimate of drug-likeness (QED) is 0.774. The van der Waals surface area contributed by atoms with Gasteiger partial charge in [0.05, 0.1) is 0 Å². The summed E-state index contributed by atoms with van der Waals surface area (Å²) >= 11 is 0. The molecular formula is C15H22FNO. The van der Waals surface area contributed by atoms with Gasteiger partial charge < -0.3 is 10.4 Å². The molecule has 1 aliphatic carbocycles. The number of benzene rings is 1. The van der Waals surface area contributed by atoms with Crippen molar-refractivity contribution in [3.8, 4) is 5.75 Å². The molecule has 0 radical (unpaired) electrons. The highest BCUT2D eigenvalue weighted by molar-refractivity contribution is 5.47. The lowest BCUT2D eigenvalue weighted by molar-refractivity contribution is 0.177. The monoisotopic (exact) mass is 251 g/mol. The van der Waals surface area contributed by atoms with Gasteiger partial charge in [-0.2, -0.15) is 0 Å². The molecule has 100 valence electrons. The van der Waals surface area contributed by atoms with Gasteiger partial charge in [-0.15, -0.1) is 0 Å². The smallest absolute Gasteiger partial charge is 0.166 e. The van der Waals surface area contributed by atoms with Gasteiger partial charge in [0.2, 0.25) is 0 Å². The van der Waals surface area contributed by atoms with Crippen LogP contribution in [-0.4, -0.2) is 11.1 Å². The molecule has 18 heavy (non-hydrogen) atoms. The van der Waals surface area contributed by atoms with Crippen LogP contribution in [0.5, 0.6) is 5.75 Å². The second kappa shape index (κ2) is 4.79. The maximum atomic E-state index is 13.3. The first-order valence-corrected chi connectivity index (χ1v) is 6.62. The van der Waals surface area contributed by atoms with Gasteiger partial charge in [0, 0.05) is 17.8 Å². The van der Waals surface area contributed by atoms with E-state index >= 15 is 0 Å². The van der Waals surface area contributed by atoms with Crippen molar-refractivity contribution in [2.75, 3.05) is 5.32 Å². The standard InChI is InChI=1S/C15H22FNO/c1-10-9-15(2,3)7-6-13(10)17-11-4-5-14(18)12(16)8-11/h4-5,8,10,13,17-18H,6-7,9H2,1-3H3. The van der Waals surface area contributed by atoms with Crippen LogP contribution in [0.2, 0.25) is 0 Å². The first-order valence-electron chi connectivity index (χ1n) is 6.62. The Labute approximate surface area is 108 Å². The average Bonchev–Trinajstić information content (AvgIpc) is 2.27. The van der Waals surface area contributed by atoms with E-state index in [-0.39, 0.29) is 5.75 Å². The van der Waals surface area contributed by atoms with Crippen molar-refractivity contribution in [3.05, 3.63) is 24.0 Å². The van der Waals surface area contributed by atoms with Crippen LogP contribution in [0, 0.1) is 17.2 Å². The topological polar surface area (TPSA) is 32.3 Å². The summed E-state index contributed by atoms with van der Waals surface area (Å²) < 4.78 is 13.3. The third-order valence-corrected chi connectivity index (χ3v) is 3.99. The highest BCUT2D eigenvalue weighted by Gasteiger charge is 2.32. The molecule has 0 heterocycles. The number of halogens is 1. The minimum Gasteiger partial charge on any atom is -0.505 e. The Balaban J connectivity index is 2.03. The predicted molar refractivity (Wildman–Crippen MR) is 72.3 cm³/mol. The van der Waals surface area contributed by atoms with Crippen molar-refractivity contribution in [2.45, 2.75) is 46.1 Å². The Hall–Kier alpha value is -1.25. The summed E-state index contributed by atoms with van der Waals surface area (Å²) in [7, 11) is 0. The highest BCUT2D eigenvalue weighted by atomic mass is 19.1. The van der Waals surface area contributed by atoms with E-state index in [9.17, 15) is 4.39 Å². The van der Waals surface area contributed by atoms with Crippen LogP contribution in [0.3, 0.4) is 0 Å². The minimum atomic E-state index is -0.566. The Morgan fingerprint density at radius 1 is 1.39 bits per heavy atom. The van der Waals surface area contributed by atoms with Crippen molar-refractivity contribution >= 4 is 5.69 Å². The van der Waals surface area contributed by atoms with Crippen molar-refractivity contribution in [2.24, 2.45) is 11.3 Å². The van der Waals surface area contributed by atoms with Crippen LogP contribution in [0.1, 0.15) is 40.0 Å². The molecule has 1 aromatic carbocycles. The molecule has 2 nitrogen and oxygen atoms in total. The van der Waals surface area contributed by atoms with Crippen molar-refractivity contribution in [1.82, 2.24) is 0 Å². The van der Waals surface area contributed by atoms with E-state index in [1.807, 2.05) is 0 Å². The van der Waals surface area contributed by atoms with Gasteiger partial charge in [0.25, 0.3) is 0 Å². The number of anilines is 1. The summed E-state index contributed by atoms with van der Waals surface area (Å²) in [5.74, 6) is -0.284. The largest absolute Gasteiger partial charge is 0.505 e. The van der Waals surface area contributed by atoms with Gasteiger partial charge >= 0.3 is 0 Å². The zero-order valence-electron chi connectivity index (χ0n) is 11.3. The molecule has 2 unspecified atom stereocenters. The van der Waals surface area contributed by atoms with Crippen LogP contribution >= 0.6 is 0 Å². The Bertz CT molecular complexity index is 431. The number of hydrogen-bond donors (Lipinski definition) is 2. The summed E-state index contributed by atoms with van der Waals surface area (Å²) in [6.45, 7) is 6.86. The van der Waals surface area contributed by atoms with Crippen LogP contribution < -0.4 is 5.32 Å². The Morgan fingerprint density at radius 3 is 2.72 bits per heavy atom. The lowest BCUT2D eigenvalue weighted by atomic mass is 9.70. The number of hydrogen-bond acceptors (Lipinski definition) is 2. The highest BCUT2D eigenvalue weighted by Crippen LogP contribution is 2.39. The second-order valence-electron chi connectivity index (χ2n) is 6.30. The molecule has 0 saturated heterocycles. The summed E-state index contributed by atoms with van der Waals surface area (Å²) in [6, 6.07) is 4.88. The molecule has 0 spiro atoms. The average molecular weight is 251 g/mol. The van der Waals surface area contributed by atoms with Crippen LogP contribution in [0.4, 0.5) is 10.1 Å². The second-order valence-corrected chi connectivity index (χ2v) is 6.30. The van der Waals surface area contributed by atoms with Crippen LogP contribution in [0.15, 0.2) is 18.2 Å². The maximum absolute atomic E-state index is 13.3. The normalized spacial score (nSPS) is 26.9. The summed E-state index contributed by atoms with van der Waals surface area (Å²) in [4.78, 5) is 0. The van der Waals surface area contributed by atoms with Crippen molar-refractivity contribution in [1.29, 1.82) is 0 Å². The number of rotatable bonds is 2. The molecule has 2 rings (SSSR count). The van der Waals surface area contributed by atoms with Gasteiger partial charge in [0.15, 0.2) is 11.6 Å². The molecule has 1 aliphatic rings. The zero-order chi connectivity index (χ0) is 13.3. The van der Waals surface area contributed by atoms with E-state index in [1.165, 1.54) is 25.0 Å². The number of nitrogens with one attached hydrogen (secondary N) is 1. The zero-order valence-corrected chi connectivity index (χ0v) is 11.3. The Morgan fingerprint density at radius 2 is 2.11 bits per heavy atom. The first-order chi connectivity index (χ1) is 8.37. The van der Waals surface area contributed by atoms with Crippen molar-refractivity contribution < 1.29 is 9.50 Å². The van der Waals surface area contributed by atoms with Crippen LogP contribution in [0.25, 0.3) is 0 Å². The molecule has 1 fully saturated rings. The molecule has 1 saturated carbocycles. The summed E-state index contributed by atoms with van der Waals surface area (Å²) in [5, 5.41) is 12.6. The SMILES string of the molecule is CC1CC(C)(C)CCC1Nc1ccc(O)c(F)c1. The fourth-order valence-electron chi connectivity index (χ4n) is 2.97. The van der Waals surface area contributed by atoms with E-state index in [4.69, 9.17) is 5.11 Å². The van der Waals surface area contributed by atoms with Crippen LogP contribution in [-0.2, 0) is 0 Å². The maximum Gasteiger partial charge on any atom is 0.166 e. The summed E-state index contributed by atoms with van der Waals surface area (Å²) in [5.41, 5.74) is 1.17. The number of phenols is 1. The lowest BCUT2D eigenvalue weighted by Crippen LogP contribution is -2.36. The van der Waals surface area contributed by atoms with E-state index < -0.39 is 5.82 Å². The van der Waals surface area contributed by atoms with Gasteiger partial charge in [-0.05, 0) is 42.7 Å². The molecule has 2 N–H and O–H groups in total. The van der Waals surface area contributed by atoms with Gasteiger partial charge in [0.1, 0.15) is 0 Å². The third kappa shape index (κ3) is 2.95. The van der Waals surface area contributed by atoms with Gasteiger partial charge in [-0.1, -0.05) is 20.8 Å². The number of phenolic OH excluding ortho intramolecular Hbond substituents is 1. The number of aromatic hydroxyl groups is 1. The fourth-order valence-corrected chi connectivity index (χ4v) is 2.97. The van der Waals surface area contributed by atoms with E-state index in [2.05, 4.69) is 26.1 Å². The van der Waals surface area contributed by atoms with E-state index in [1.54, 1.807) is 6.07 Å². The lowest BCUT2D eigenvalue weighted by Gasteiger charge is -2.40. The summed E-state index contributed by atoms with van der Waals surface area (Å²) in [6.07, 6.45) is 3.48. The minimum absolute atomic E-state index is 0.293. The molecule has 0 amide bonds. The fraction of sp³-hybridized carbons (Fsp3) is 0.600. The molecular weight excluding hydrogens is 229 g/mol. The molecule has 2 atom stereocenters.